The molecule has 3 heterocycles. The summed E-state index contributed by atoms with van der Waals surface area (Å²) in [6.45, 7) is 7.17. The van der Waals surface area contributed by atoms with Gasteiger partial charge in [-0.1, -0.05) is 148 Å². The molecule has 0 spiro atoms. The molecule has 0 amide bonds. The van der Waals surface area contributed by atoms with Crippen molar-refractivity contribution in [3.8, 4) is 45.0 Å². The number of hydrogen-bond donors (Lipinski definition) is 0. The van der Waals surface area contributed by atoms with Crippen molar-refractivity contribution in [3.63, 3.8) is 0 Å². The van der Waals surface area contributed by atoms with Gasteiger partial charge in [-0.3, -0.25) is 0 Å². The second kappa shape index (κ2) is 11.8. The molecular weight excluding hydrogens is 675 g/mol. The van der Waals surface area contributed by atoms with E-state index >= 15 is 0 Å². The number of fused-ring (bicyclic) bond motifs is 11. The summed E-state index contributed by atoms with van der Waals surface area (Å²) in [5.41, 5.74) is 9.81. The highest BCUT2D eigenvalue weighted by Crippen LogP contribution is 2.55. The molecular formula is C50H41N3S. The van der Waals surface area contributed by atoms with Gasteiger partial charge in [0.1, 0.15) is 5.82 Å². The molecule has 3 nitrogen and oxygen atoms in total. The first-order chi connectivity index (χ1) is 26.3. The topological polar surface area (TPSA) is 38.7 Å². The Bertz CT molecular complexity index is 2800. The molecule has 3 aliphatic rings. The van der Waals surface area contributed by atoms with Crippen LogP contribution in [0, 0.1) is 0 Å². The molecule has 54 heavy (non-hydrogen) atoms. The molecule has 4 heteroatoms. The molecule has 0 radical (unpaired) electrons. The molecule has 1 aromatic heterocycles. The average molecular weight is 716 g/mol. The number of benzene rings is 7. The van der Waals surface area contributed by atoms with E-state index < -0.39 is 0 Å². The summed E-state index contributed by atoms with van der Waals surface area (Å²) >= 11 is 2.19. The molecule has 0 N–H and O–H groups in total. The van der Waals surface area contributed by atoms with Crippen molar-refractivity contribution in [2.75, 3.05) is 0 Å². The Morgan fingerprint density at radius 3 is 1.93 bits per heavy atom. The van der Waals surface area contributed by atoms with Crippen molar-refractivity contribution in [1.29, 1.82) is 0 Å². The SMILES string of the molecule is CC1(c2nc(-c3ccc(-c4cccc5ccccc45)cc3)nc(-c3ccc4c5c(c6ccccc6c4c3)-c3ccccc3C5(C)C)n2)CC2CC[C@H](C1)S2. The summed E-state index contributed by atoms with van der Waals surface area (Å²) in [6.07, 6.45) is 4.82. The van der Waals surface area contributed by atoms with Crippen LogP contribution in [0.2, 0.25) is 0 Å². The fourth-order valence-corrected chi connectivity index (χ4v) is 12.2. The first kappa shape index (κ1) is 32.1. The van der Waals surface area contributed by atoms with E-state index in [1.807, 2.05) is 0 Å². The van der Waals surface area contributed by atoms with Gasteiger partial charge in [-0.05, 0) is 97.4 Å². The number of hydrogen-bond acceptors (Lipinski definition) is 4. The third-order valence-corrected chi connectivity index (χ3v) is 14.3. The van der Waals surface area contributed by atoms with Crippen LogP contribution in [-0.4, -0.2) is 25.5 Å². The van der Waals surface area contributed by atoms with Crippen LogP contribution in [0.5, 0.6) is 0 Å². The molecule has 2 unspecified atom stereocenters. The number of rotatable bonds is 4. The zero-order valence-corrected chi connectivity index (χ0v) is 31.8. The first-order valence-electron chi connectivity index (χ1n) is 19.4. The zero-order valence-electron chi connectivity index (χ0n) is 30.9. The second-order valence-electron chi connectivity index (χ2n) is 16.6. The average Bonchev–Trinajstić information content (AvgIpc) is 3.69. The molecule has 0 saturated carbocycles. The number of nitrogens with zero attached hydrogens (tertiary/aromatic N) is 3. The monoisotopic (exact) mass is 715 g/mol. The molecule has 2 aliphatic heterocycles. The predicted octanol–water partition coefficient (Wildman–Crippen LogP) is 13.0. The molecule has 2 bridgehead atoms. The van der Waals surface area contributed by atoms with Crippen LogP contribution in [0.1, 0.15) is 63.4 Å². The number of thioether (sulfide) groups is 1. The molecule has 2 fully saturated rings. The Kier molecular flexibility index (Phi) is 7.05. The fourth-order valence-electron chi connectivity index (χ4n) is 10.2. The van der Waals surface area contributed by atoms with Gasteiger partial charge in [0.25, 0.3) is 0 Å². The van der Waals surface area contributed by atoms with E-state index in [0.29, 0.717) is 10.5 Å². The highest BCUT2D eigenvalue weighted by atomic mass is 32.2. The standard InChI is InChI=1S/C50H41N3S/c1-49(2)43-18-9-8-16-41(43)44-39-15-7-6-14-38(39)42-27-33(23-26-40(42)45(44)49)47-51-46(52-48(53-47)50(3)28-34-24-25-35(29-50)54-34)32-21-19-31(20-22-32)37-17-10-12-30-11-4-5-13-36(30)37/h4-23,26-27,34-35H,24-25,28-29H2,1-3H3/t34-,35?,50?/m1/s1. The Labute approximate surface area is 320 Å². The van der Waals surface area contributed by atoms with E-state index in [9.17, 15) is 0 Å². The van der Waals surface area contributed by atoms with Crippen LogP contribution in [-0.2, 0) is 10.8 Å². The van der Waals surface area contributed by atoms with E-state index in [4.69, 9.17) is 15.0 Å². The summed E-state index contributed by atoms with van der Waals surface area (Å²) in [6, 6.07) is 48.8. The van der Waals surface area contributed by atoms with Gasteiger partial charge in [-0.15, -0.1) is 0 Å². The Hall–Kier alpha value is -5.32. The smallest absolute Gasteiger partial charge is 0.163 e. The minimum Gasteiger partial charge on any atom is -0.212 e. The molecule has 1 aliphatic carbocycles. The fraction of sp³-hybridized carbons (Fsp3) is 0.220. The van der Waals surface area contributed by atoms with Crippen molar-refractivity contribution >= 4 is 44.1 Å². The molecule has 7 aromatic carbocycles. The lowest BCUT2D eigenvalue weighted by Crippen LogP contribution is -2.34. The van der Waals surface area contributed by atoms with Crippen molar-refractivity contribution < 1.29 is 0 Å². The van der Waals surface area contributed by atoms with Gasteiger partial charge in [0, 0.05) is 32.5 Å². The van der Waals surface area contributed by atoms with E-state index in [1.54, 1.807) is 0 Å². The minimum absolute atomic E-state index is 0.0907. The molecule has 11 rings (SSSR count). The summed E-state index contributed by atoms with van der Waals surface area (Å²) in [5.74, 6) is 2.45. The lowest BCUT2D eigenvalue weighted by molar-refractivity contribution is 0.380. The van der Waals surface area contributed by atoms with Crippen molar-refractivity contribution in [1.82, 2.24) is 15.0 Å². The molecule has 8 aromatic rings. The maximum absolute atomic E-state index is 5.41. The van der Waals surface area contributed by atoms with Gasteiger partial charge >= 0.3 is 0 Å². The largest absolute Gasteiger partial charge is 0.212 e. The third-order valence-electron chi connectivity index (χ3n) is 12.7. The van der Waals surface area contributed by atoms with Crippen LogP contribution in [0.25, 0.3) is 77.3 Å². The molecule has 2 saturated heterocycles. The van der Waals surface area contributed by atoms with Crippen LogP contribution < -0.4 is 0 Å². The van der Waals surface area contributed by atoms with Crippen LogP contribution in [0.15, 0.2) is 133 Å². The van der Waals surface area contributed by atoms with Crippen LogP contribution >= 0.6 is 11.8 Å². The van der Waals surface area contributed by atoms with E-state index in [1.165, 1.54) is 78.5 Å². The number of aromatic nitrogens is 3. The van der Waals surface area contributed by atoms with Gasteiger partial charge in [0.05, 0.1) is 0 Å². The molecule has 3 atom stereocenters. The Morgan fingerprint density at radius 2 is 1.13 bits per heavy atom. The van der Waals surface area contributed by atoms with E-state index in [-0.39, 0.29) is 10.8 Å². The Morgan fingerprint density at radius 1 is 0.519 bits per heavy atom. The lowest BCUT2D eigenvalue weighted by Gasteiger charge is -2.36. The van der Waals surface area contributed by atoms with Crippen molar-refractivity contribution in [2.45, 2.75) is 67.8 Å². The highest BCUT2D eigenvalue weighted by molar-refractivity contribution is 8.00. The summed E-state index contributed by atoms with van der Waals surface area (Å²) in [5, 5.41) is 9.01. The zero-order chi connectivity index (χ0) is 36.2. The van der Waals surface area contributed by atoms with E-state index in [0.717, 1.165) is 41.4 Å². The van der Waals surface area contributed by atoms with Crippen molar-refractivity contribution in [3.05, 3.63) is 150 Å². The predicted molar refractivity (Wildman–Crippen MR) is 227 cm³/mol. The Balaban J connectivity index is 1.09. The summed E-state index contributed by atoms with van der Waals surface area (Å²) in [7, 11) is 0. The molecule has 262 valence electrons. The normalized spacial score (nSPS) is 21.1. The minimum atomic E-state index is -0.117. The second-order valence-corrected chi connectivity index (χ2v) is 18.2. The van der Waals surface area contributed by atoms with Gasteiger partial charge in [-0.25, -0.2) is 15.0 Å². The van der Waals surface area contributed by atoms with Gasteiger partial charge in [0.2, 0.25) is 0 Å². The first-order valence-corrected chi connectivity index (χ1v) is 20.4. The van der Waals surface area contributed by atoms with Gasteiger partial charge in [0.15, 0.2) is 11.6 Å². The van der Waals surface area contributed by atoms with Gasteiger partial charge in [-0.2, -0.15) is 11.8 Å². The maximum Gasteiger partial charge on any atom is 0.163 e. The van der Waals surface area contributed by atoms with Gasteiger partial charge < -0.3 is 0 Å². The lowest BCUT2D eigenvalue weighted by atomic mass is 9.79. The van der Waals surface area contributed by atoms with Crippen molar-refractivity contribution in [2.24, 2.45) is 0 Å². The van der Waals surface area contributed by atoms with Crippen LogP contribution in [0.4, 0.5) is 0 Å². The van der Waals surface area contributed by atoms with Crippen LogP contribution in [0.3, 0.4) is 0 Å². The highest BCUT2D eigenvalue weighted by Gasteiger charge is 2.45. The third kappa shape index (κ3) is 4.85. The maximum atomic E-state index is 5.41. The quantitative estimate of drug-likeness (QED) is 0.170. The summed E-state index contributed by atoms with van der Waals surface area (Å²) in [4.78, 5) is 16.1. The summed E-state index contributed by atoms with van der Waals surface area (Å²) < 4.78 is 0. The van der Waals surface area contributed by atoms with E-state index in [2.05, 4.69) is 166 Å².